The molecule has 0 saturated heterocycles. The van der Waals surface area contributed by atoms with E-state index in [4.69, 9.17) is 4.74 Å². The van der Waals surface area contributed by atoms with Crippen LogP contribution in [0.4, 0.5) is 11.5 Å². The van der Waals surface area contributed by atoms with E-state index in [0.717, 1.165) is 17.0 Å². The lowest BCUT2D eigenvalue weighted by Crippen LogP contribution is -2.18. The number of H-pyrrole nitrogens is 1. The Morgan fingerprint density at radius 1 is 1.11 bits per heavy atom. The Labute approximate surface area is 112 Å². The number of hydrogen-bond donors (Lipinski definition) is 1. The van der Waals surface area contributed by atoms with E-state index in [0.29, 0.717) is 11.1 Å². The van der Waals surface area contributed by atoms with Gasteiger partial charge in [-0.05, 0) is 12.1 Å². The van der Waals surface area contributed by atoms with Crippen molar-refractivity contribution in [3.8, 4) is 5.75 Å². The highest BCUT2D eigenvalue weighted by Crippen LogP contribution is 2.33. The van der Waals surface area contributed by atoms with Crippen molar-refractivity contribution in [3.63, 3.8) is 0 Å². The number of fused-ring (bicyclic) bond motifs is 1. The fourth-order valence-corrected chi connectivity index (χ4v) is 2.15. The van der Waals surface area contributed by atoms with Crippen LogP contribution < -0.4 is 20.0 Å². The van der Waals surface area contributed by atoms with Gasteiger partial charge in [-0.3, -0.25) is 4.79 Å². The summed E-state index contributed by atoms with van der Waals surface area (Å²) in [6.45, 7) is 0. The Balaban J connectivity index is 2.86. The van der Waals surface area contributed by atoms with Gasteiger partial charge in [0.15, 0.2) is 5.43 Å². The zero-order valence-corrected chi connectivity index (χ0v) is 11.9. The summed E-state index contributed by atoms with van der Waals surface area (Å²) in [7, 11) is 9.20. The molecule has 2 rings (SSSR count). The first-order valence-corrected chi connectivity index (χ1v) is 6.04. The first-order chi connectivity index (χ1) is 8.95. The van der Waals surface area contributed by atoms with Gasteiger partial charge >= 0.3 is 0 Å². The Morgan fingerprint density at radius 3 is 2.32 bits per heavy atom. The quantitative estimate of drug-likeness (QED) is 0.913. The molecule has 2 aromatic rings. The third kappa shape index (κ3) is 2.23. The lowest BCUT2D eigenvalue weighted by molar-refractivity contribution is 0.416. The molecule has 5 nitrogen and oxygen atoms in total. The summed E-state index contributed by atoms with van der Waals surface area (Å²) < 4.78 is 5.34. The number of ether oxygens (including phenoxy) is 1. The van der Waals surface area contributed by atoms with Crippen molar-refractivity contribution >= 4 is 22.4 Å². The van der Waals surface area contributed by atoms with Gasteiger partial charge in [0.25, 0.3) is 0 Å². The van der Waals surface area contributed by atoms with Crippen LogP contribution in [0.15, 0.2) is 23.0 Å². The minimum Gasteiger partial charge on any atom is -0.495 e. The van der Waals surface area contributed by atoms with Gasteiger partial charge in [0.2, 0.25) is 0 Å². The van der Waals surface area contributed by atoms with Crippen molar-refractivity contribution in [3.05, 3.63) is 28.4 Å². The molecule has 1 heterocycles. The smallest absolute Gasteiger partial charge is 0.193 e. The second-order valence-corrected chi connectivity index (χ2v) is 4.85. The lowest BCUT2D eigenvalue weighted by atomic mass is 10.1. The first-order valence-electron chi connectivity index (χ1n) is 6.04. The number of nitrogens with one attached hydrogen (secondary N) is 1. The monoisotopic (exact) mass is 261 g/mol. The summed E-state index contributed by atoms with van der Waals surface area (Å²) in [6, 6.07) is 5.34. The van der Waals surface area contributed by atoms with Crippen LogP contribution in [0.25, 0.3) is 10.9 Å². The van der Waals surface area contributed by atoms with Gasteiger partial charge < -0.3 is 19.5 Å². The number of anilines is 2. The van der Waals surface area contributed by atoms with Crippen LogP contribution in [0.5, 0.6) is 5.75 Å². The normalized spacial score (nSPS) is 10.6. The van der Waals surface area contributed by atoms with Crippen LogP contribution in [0, 0.1) is 0 Å². The van der Waals surface area contributed by atoms with Crippen LogP contribution in [0.3, 0.4) is 0 Å². The molecule has 0 amide bonds. The zero-order chi connectivity index (χ0) is 14.2. The topological polar surface area (TPSA) is 48.6 Å². The predicted molar refractivity (Wildman–Crippen MR) is 79.8 cm³/mol. The third-order valence-corrected chi connectivity index (χ3v) is 3.07. The molecule has 0 aliphatic heterocycles. The SMILES string of the molecule is COc1ccc2[nH]c(N(C)C)cc(=O)c2c1N(C)C. The number of aromatic nitrogens is 1. The number of nitrogens with zero attached hydrogens (tertiary/aromatic N) is 2. The van der Waals surface area contributed by atoms with Crippen molar-refractivity contribution in [2.75, 3.05) is 45.1 Å². The predicted octanol–water partition coefficient (Wildman–Crippen LogP) is 1.67. The van der Waals surface area contributed by atoms with Gasteiger partial charge in [0.05, 0.1) is 23.7 Å². The minimum absolute atomic E-state index is 0.0138. The maximum Gasteiger partial charge on any atom is 0.193 e. The van der Waals surface area contributed by atoms with E-state index in [9.17, 15) is 4.79 Å². The summed E-state index contributed by atoms with van der Waals surface area (Å²) in [6.07, 6.45) is 0. The van der Waals surface area contributed by atoms with E-state index in [1.54, 1.807) is 13.2 Å². The van der Waals surface area contributed by atoms with Crippen LogP contribution >= 0.6 is 0 Å². The molecule has 0 unspecified atom stereocenters. The van der Waals surface area contributed by atoms with Gasteiger partial charge in [0.1, 0.15) is 11.6 Å². The lowest BCUT2D eigenvalue weighted by Gasteiger charge is -2.20. The second-order valence-electron chi connectivity index (χ2n) is 4.85. The summed E-state index contributed by atoms with van der Waals surface area (Å²) in [5.41, 5.74) is 1.59. The van der Waals surface area contributed by atoms with Crippen molar-refractivity contribution in [2.24, 2.45) is 0 Å². The van der Waals surface area contributed by atoms with Crippen LogP contribution in [-0.2, 0) is 0 Å². The summed E-state index contributed by atoms with van der Waals surface area (Å²) in [5.74, 6) is 1.48. The second kappa shape index (κ2) is 4.84. The van der Waals surface area contributed by atoms with Crippen molar-refractivity contribution in [1.29, 1.82) is 0 Å². The molecule has 0 aliphatic carbocycles. The summed E-state index contributed by atoms with van der Waals surface area (Å²) >= 11 is 0. The van der Waals surface area contributed by atoms with E-state index in [-0.39, 0.29) is 5.43 Å². The van der Waals surface area contributed by atoms with Crippen LogP contribution in [0.2, 0.25) is 0 Å². The van der Waals surface area contributed by atoms with Crippen LogP contribution in [-0.4, -0.2) is 40.3 Å². The minimum atomic E-state index is -0.0138. The van der Waals surface area contributed by atoms with Crippen molar-refractivity contribution in [2.45, 2.75) is 0 Å². The molecule has 1 aromatic heterocycles. The van der Waals surface area contributed by atoms with Gasteiger partial charge in [-0.2, -0.15) is 0 Å². The molecule has 0 aliphatic rings. The van der Waals surface area contributed by atoms with E-state index >= 15 is 0 Å². The number of methoxy groups -OCH3 is 1. The Morgan fingerprint density at radius 2 is 1.79 bits per heavy atom. The third-order valence-electron chi connectivity index (χ3n) is 3.07. The molecule has 19 heavy (non-hydrogen) atoms. The summed E-state index contributed by atoms with van der Waals surface area (Å²) in [4.78, 5) is 19.4. The molecule has 0 spiro atoms. The Hall–Kier alpha value is -2.17. The van der Waals surface area contributed by atoms with Crippen molar-refractivity contribution < 1.29 is 4.74 Å². The maximum absolute atomic E-state index is 12.4. The van der Waals surface area contributed by atoms with Gasteiger partial charge in [-0.15, -0.1) is 0 Å². The molecule has 102 valence electrons. The molecular weight excluding hydrogens is 242 g/mol. The Kier molecular flexibility index (Phi) is 3.38. The highest BCUT2D eigenvalue weighted by atomic mass is 16.5. The number of pyridine rings is 1. The maximum atomic E-state index is 12.4. The molecule has 1 aromatic carbocycles. The van der Waals surface area contributed by atoms with Crippen LogP contribution in [0.1, 0.15) is 0 Å². The average molecular weight is 261 g/mol. The van der Waals surface area contributed by atoms with E-state index in [2.05, 4.69) is 4.98 Å². The van der Waals surface area contributed by atoms with E-state index < -0.39 is 0 Å². The summed E-state index contributed by atoms with van der Waals surface area (Å²) in [5, 5.41) is 0.648. The Bertz CT molecular complexity index is 660. The first kappa shape index (κ1) is 13.3. The van der Waals surface area contributed by atoms with Crippen molar-refractivity contribution in [1.82, 2.24) is 4.98 Å². The van der Waals surface area contributed by atoms with E-state index in [1.807, 2.05) is 50.1 Å². The molecule has 0 bridgehead atoms. The van der Waals surface area contributed by atoms with Gasteiger partial charge in [0, 0.05) is 34.3 Å². The standard InChI is InChI=1S/C14H19N3O2/c1-16(2)12-8-10(18)13-9(15-12)6-7-11(19-5)14(13)17(3)4/h6-8H,1-5H3,(H,15,18). The average Bonchev–Trinajstić information content (AvgIpc) is 2.36. The molecule has 0 radical (unpaired) electrons. The molecule has 0 fully saturated rings. The van der Waals surface area contributed by atoms with E-state index in [1.165, 1.54) is 0 Å². The van der Waals surface area contributed by atoms with Gasteiger partial charge in [-0.1, -0.05) is 0 Å². The fourth-order valence-electron chi connectivity index (χ4n) is 2.15. The molecule has 1 N–H and O–H groups in total. The number of rotatable bonds is 3. The number of benzene rings is 1. The fraction of sp³-hybridized carbons (Fsp3) is 0.357. The number of aromatic amines is 1. The molecule has 5 heteroatoms. The van der Waals surface area contributed by atoms with Gasteiger partial charge in [-0.25, -0.2) is 0 Å². The molecular formula is C14H19N3O2. The zero-order valence-electron chi connectivity index (χ0n) is 11.9. The highest BCUT2D eigenvalue weighted by Gasteiger charge is 2.14. The highest BCUT2D eigenvalue weighted by molar-refractivity contribution is 5.95. The molecule has 0 atom stereocenters. The largest absolute Gasteiger partial charge is 0.495 e. The number of hydrogen-bond acceptors (Lipinski definition) is 4. The molecule has 0 saturated carbocycles.